The van der Waals surface area contributed by atoms with Crippen LogP contribution in [0.1, 0.15) is 30.8 Å². The number of benzene rings is 1. The Morgan fingerprint density at radius 1 is 1.25 bits per heavy atom. The molecule has 2 aromatic rings. The molecular weight excluding hydrogens is 290 g/mol. The van der Waals surface area contributed by atoms with E-state index >= 15 is 0 Å². The van der Waals surface area contributed by atoms with E-state index in [2.05, 4.69) is 43.2 Å². The number of rotatable bonds is 6. The van der Waals surface area contributed by atoms with Gasteiger partial charge in [0.05, 0.1) is 16.4 Å². The molecule has 0 unspecified atom stereocenters. The second kappa shape index (κ2) is 7.16. The van der Waals surface area contributed by atoms with Crippen LogP contribution in [0.4, 0.5) is 0 Å². The third-order valence-electron chi connectivity index (χ3n) is 3.23. The zero-order chi connectivity index (χ0) is 14.5. The van der Waals surface area contributed by atoms with Gasteiger partial charge in [0.2, 0.25) is 0 Å². The fourth-order valence-electron chi connectivity index (χ4n) is 2.03. The highest BCUT2D eigenvalue weighted by molar-refractivity contribution is 7.98. The lowest BCUT2D eigenvalue weighted by atomic mass is 10.2. The lowest BCUT2D eigenvalue weighted by Crippen LogP contribution is -2.01. The van der Waals surface area contributed by atoms with Crippen molar-refractivity contribution in [3.8, 4) is 0 Å². The van der Waals surface area contributed by atoms with Gasteiger partial charge in [-0.1, -0.05) is 30.7 Å². The van der Waals surface area contributed by atoms with Crippen molar-refractivity contribution >= 4 is 23.4 Å². The van der Waals surface area contributed by atoms with Crippen LogP contribution in [0.25, 0.3) is 0 Å². The first-order chi connectivity index (χ1) is 9.69. The number of nitrogens with two attached hydrogens (primary N) is 1. The van der Waals surface area contributed by atoms with Gasteiger partial charge in [0.15, 0.2) is 0 Å². The minimum atomic E-state index is 0.583. The monoisotopic (exact) mass is 309 g/mol. The molecule has 20 heavy (non-hydrogen) atoms. The van der Waals surface area contributed by atoms with Crippen LogP contribution in [0.5, 0.6) is 0 Å². The molecule has 0 bridgehead atoms. The zero-order valence-electron chi connectivity index (χ0n) is 11.9. The van der Waals surface area contributed by atoms with Crippen molar-refractivity contribution < 1.29 is 0 Å². The summed E-state index contributed by atoms with van der Waals surface area (Å²) in [5.74, 6) is 0.835. The van der Waals surface area contributed by atoms with Gasteiger partial charge in [-0.3, -0.25) is 4.68 Å². The normalized spacial score (nSPS) is 11.0. The average molecular weight is 310 g/mol. The first-order valence-corrected chi connectivity index (χ1v) is 8.21. The van der Waals surface area contributed by atoms with Crippen LogP contribution >= 0.6 is 23.4 Å². The Morgan fingerprint density at radius 3 is 2.50 bits per heavy atom. The van der Waals surface area contributed by atoms with E-state index in [4.69, 9.17) is 17.3 Å². The quantitative estimate of drug-likeness (QED) is 0.824. The molecule has 1 aromatic carbocycles. The molecule has 0 saturated heterocycles. The number of halogens is 1. The van der Waals surface area contributed by atoms with E-state index in [-0.39, 0.29) is 0 Å². The molecule has 0 atom stereocenters. The molecule has 0 spiro atoms. The van der Waals surface area contributed by atoms with Crippen LogP contribution in [0, 0.1) is 0 Å². The SMILES string of the molecule is CCc1nn(CC)c(CSc2ccc(CN)cc2)c1Cl. The smallest absolute Gasteiger partial charge is 0.0858 e. The van der Waals surface area contributed by atoms with Crippen LogP contribution in [-0.4, -0.2) is 9.78 Å². The molecule has 0 aliphatic heterocycles. The lowest BCUT2D eigenvalue weighted by Gasteiger charge is -2.06. The Hall–Kier alpha value is -0.970. The van der Waals surface area contributed by atoms with Gasteiger partial charge in [-0.15, -0.1) is 11.8 Å². The number of aromatic nitrogens is 2. The minimum Gasteiger partial charge on any atom is -0.326 e. The van der Waals surface area contributed by atoms with Gasteiger partial charge in [0, 0.05) is 23.7 Å². The molecule has 0 amide bonds. The number of nitrogens with zero attached hydrogens (tertiary/aromatic N) is 2. The Morgan fingerprint density at radius 2 is 1.95 bits per heavy atom. The maximum atomic E-state index is 6.41. The van der Waals surface area contributed by atoms with Crippen LogP contribution in [0.15, 0.2) is 29.2 Å². The Balaban J connectivity index is 2.11. The molecule has 3 nitrogen and oxygen atoms in total. The van der Waals surface area contributed by atoms with Crippen LogP contribution in [-0.2, 0) is 25.3 Å². The molecule has 2 N–H and O–H groups in total. The summed E-state index contributed by atoms with van der Waals surface area (Å²) in [6.07, 6.45) is 0.870. The summed E-state index contributed by atoms with van der Waals surface area (Å²) in [6.45, 7) is 5.60. The predicted octanol–water partition coefficient (Wildman–Crippen LogP) is 3.87. The number of thioether (sulfide) groups is 1. The zero-order valence-corrected chi connectivity index (χ0v) is 13.5. The van der Waals surface area contributed by atoms with Crippen molar-refractivity contribution in [3.05, 3.63) is 46.2 Å². The van der Waals surface area contributed by atoms with Crippen LogP contribution in [0.3, 0.4) is 0 Å². The van der Waals surface area contributed by atoms with E-state index in [0.29, 0.717) is 6.54 Å². The summed E-state index contributed by atoms with van der Waals surface area (Å²) in [5.41, 5.74) is 8.86. The fraction of sp³-hybridized carbons (Fsp3) is 0.400. The molecular formula is C15H20ClN3S. The van der Waals surface area contributed by atoms with Crippen molar-refractivity contribution in [2.75, 3.05) is 0 Å². The summed E-state index contributed by atoms with van der Waals surface area (Å²) in [6, 6.07) is 8.35. The first kappa shape index (κ1) is 15.4. The van der Waals surface area contributed by atoms with Crippen molar-refractivity contribution in [1.29, 1.82) is 0 Å². The number of aryl methyl sites for hydroxylation is 2. The van der Waals surface area contributed by atoms with E-state index in [1.165, 1.54) is 4.90 Å². The molecule has 0 saturated carbocycles. The van der Waals surface area contributed by atoms with Gasteiger partial charge in [0.1, 0.15) is 0 Å². The third-order valence-corrected chi connectivity index (χ3v) is 4.69. The van der Waals surface area contributed by atoms with Crippen molar-refractivity contribution in [3.63, 3.8) is 0 Å². The van der Waals surface area contributed by atoms with E-state index < -0.39 is 0 Å². The van der Waals surface area contributed by atoms with Gasteiger partial charge < -0.3 is 5.73 Å². The molecule has 1 heterocycles. The predicted molar refractivity (Wildman–Crippen MR) is 86.2 cm³/mol. The van der Waals surface area contributed by atoms with E-state index in [0.717, 1.165) is 40.7 Å². The van der Waals surface area contributed by atoms with E-state index in [1.807, 2.05) is 4.68 Å². The highest BCUT2D eigenvalue weighted by Crippen LogP contribution is 2.29. The van der Waals surface area contributed by atoms with Crippen molar-refractivity contribution in [2.45, 2.75) is 44.0 Å². The van der Waals surface area contributed by atoms with Crippen LogP contribution < -0.4 is 5.73 Å². The van der Waals surface area contributed by atoms with Crippen molar-refractivity contribution in [2.24, 2.45) is 5.73 Å². The molecule has 0 radical (unpaired) electrons. The highest BCUT2D eigenvalue weighted by atomic mass is 35.5. The second-order valence-electron chi connectivity index (χ2n) is 4.51. The molecule has 2 rings (SSSR count). The summed E-state index contributed by atoms with van der Waals surface area (Å²) >= 11 is 8.18. The number of hydrogen-bond acceptors (Lipinski definition) is 3. The highest BCUT2D eigenvalue weighted by Gasteiger charge is 2.14. The molecule has 0 aliphatic carbocycles. The molecule has 0 fully saturated rings. The maximum absolute atomic E-state index is 6.41. The van der Waals surface area contributed by atoms with Gasteiger partial charge in [-0.25, -0.2) is 0 Å². The van der Waals surface area contributed by atoms with Gasteiger partial charge >= 0.3 is 0 Å². The molecule has 1 aromatic heterocycles. The van der Waals surface area contributed by atoms with Crippen molar-refractivity contribution in [1.82, 2.24) is 9.78 Å². The standard InChI is InChI=1S/C15H20ClN3S/c1-3-13-15(16)14(19(4-2)18-13)10-20-12-7-5-11(9-17)6-8-12/h5-8H,3-4,9-10,17H2,1-2H3. The van der Waals surface area contributed by atoms with Gasteiger partial charge in [0.25, 0.3) is 0 Å². The van der Waals surface area contributed by atoms with E-state index in [1.54, 1.807) is 11.8 Å². The second-order valence-corrected chi connectivity index (χ2v) is 5.94. The number of hydrogen-bond donors (Lipinski definition) is 1. The summed E-state index contributed by atoms with van der Waals surface area (Å²) in [4.78, 5) is 1.22. The maximum Gasteiger partial charge on any atom is 0.0858 e. The minimum absolute atomic E-state index is 0.583. The topological polar surface area (TPSA) is 43.8 Å². The summed E-state index contributed by atoms with van der Waals surface area (Å²) in [7, 11) is 0. The Labute approximate surface area is 129 Å². The third kappa shape index (κ3) is 3.37. The van der Waals surface area contributed by atoms with E-state index in [9.17, 15) is 0 Å². The summed E-state index contributed by atoms with van der Waals surface area (Å²) in [5, 5.41) is 5.36. The molecule has 108 valence electrons. The Kier molecular flexibility index (Phi) is 5.52. The molecule has 0 aliphatic rings. The lowest BCUT2D eigenvalue weighted by molar-refractivity contribution is 0.628. The van der Waals surface area contributed by atoms with Gasteiger partial charge in [-0.2, -0.15) is 5.10 Å². The first-order valence-electron chi connectivity index (χ1n) is 6.85. The molecule has 5 heteroatoms. The average Bonchev–Trinajstić information content (AvgIpc) is 2.81. The largest absolute Gasteiger partial charge is 0.326 e. The van der Waals surface area contributed by atoms with Gasteiger partial charge in [-0.05, 0) is 31.0 Å². The van der Waals surface area contributed by atoms with Crippen LogP contribution in [0.2, 0.25) is 5.02 Å². The summed E-state index contributed by atoms with van der Waals surface area (Å²) < 4.78 is 2.00. The Bertz CT molecular complexity index is 563. The fourth-order valence-corrected chi connectivity index (χ4v) is 3.37.